The van der Waals surface area contributed by atoms with E-state index in [1.165, 1.54) is 4.90 Å². The Labute approximate surface area is 235 Å². The number of ether oxygens (including phenoxy) is 2. The molecule has 0 saturated carbocycles. The number of urea groups is 1. The zero-order valence-electron chi connectivity index (χ0n) is 22.7. The SMILES string of the molecule is CCOC(Cc1ccc(OCCN(CCCCSc2ccccc2)C(=O)Nc2cccc(C)c2)cc1)C(=O)O. The van der Waals surface area contributed by atoms with Gasteiger partial charge in [-0.3, -0.25) is 0 Å². The van der Waals surface area contributed by atoms with Gasteiger partial charge in [0.1, 0.15) is 12.4 Å². The first-order valence-corrected chi connectivity index (χ1v) is 14.3. The van der Waals surface area contributed by atoms with E-state index in [1.54, 1.807) is 11.8 Å². The number of thioether (sulfide) groups is 1. The number of carboxylic acids is 1. The Kier molecular flexibility index (Phi) is 12.7. The fourth-order valence-electron chi connectivity index (χ4n) is 3.98. The first kappa shape index (κ1) is 30.1. The first-order valence-electron chi connectivity index (χ1n) is 13.3. The number of amides is 2. The monoisotopic (exact) mass is 550 g/mol. The molecule has 0 heterocycles. The van der Waals surface area contributed by atoms with E-state index in [0.29, 0.717) is 38.5 Å². The standard InChI is InChI=1S/C31H38N2O5S/c1-3-37-29(30(34)35)23-25-14-16-27(17-15-25)38-20-19-33(31(36)32-26-11-9-10-24(2)22-26)18-7-8-21-39-28-12-5-4-6-13-28/h4-6,9-17,22,29H,3,7-8,18-21,23H2,1-2H3,(H,32,36)(H,34,35). The molecule has 208 valence electrons. The molecule has 0 aliphatic heterocycles. The van der Waals surface area contributed by atoms with E-state index in [4.69, 9.17) is 9.47 Å². The van der Waals surface area contributed by atoms with Gasteiger partial charge in [-0.05, 0) is 80.0 Å². The molecular weight excluding hydrogens is 512 g/mol. The number of hydrogen-bond donors (Lipinski definition) is 2. The molecule has 0 radical (unpaired) electrons. The Morgan fingerprint density at radius 2 is 1.74 bits per heavy atom. The van der Waals surface area contributed by atoms with Crippen LogP contribution in [0.5, 0.6) is 5.75 Å². The van der Waals surface area contributed by atoms with Crippen LogP contribution in [0, 0.1) is 6.92 Å². The molecule has 0 aromatic heterocycles. The minimum absolute atomic E-state index is 0.147. The number of aryl methyl sites for hydroxylation is 1. The van der Waals surface area contributed by atoms with E-state index in [2.05, 4.69) is 17.4 Å². The van der Waals surface area contributed by atoms with Gasteiger partial charge in [0.2, 0.25) is 0 Å². The summed E-state index contributed by atoms with van der Waals surface area (Å²) in [5.41, 5.74) is 2.71. The molecule has 7 nitrogen and oxygen atoms in total. The highest BCUT2D eigenvalue weighted by Crippen LogP contribution is 2.19. The maximum atomic E-state index is 13.1. The van der Waals surface area contributed by atoms with E-state index in [0.717, 1.165) is 35.4 Å². The Balaban J connectivity index is 1.51. The van der Waals surface area contributed by atoms with Crippen molar-refractivity contribution >= 4 is 29.4 Å². The number of benzene rings is 3. The van der Waals surface area contributed by atoms with Crippen LogP contribution in [-0.2, 0) is 16.0 Å². The second-order valence-electron chi connectivity index (χ2n) is 9.13. The average Bonchev–Trinajstić information content (AvgIpc) is 2.93. The summed E-state index contributed by atoms with van der Waals surface area (Å²) in [6.45, 7) is 5.53. The molecule has 3 rings (SSSR count). The maximum Gasteiger partial charge on any atom is 0.333 e. The molecular formula is C31H38N2O5S. The van der Waals surface area contributed by atoms with Crippen LogP contribution in [0.15, 0.2) is 83.8 Å². The van der Waals surface area contributed by atoms with Crippen LogP contribution in [0.4, 0.5) is 10.5 Å². The Morgan fingerprint density at radius 1 is 0.974 bits per heavy atom. The van der Waals surface area contributed by atoms with Crippen LogP contribution in [0.1, 0.15) is 30.9 Å². The molecule has 0 spiro atoms. The number of aliphatic carboxylic acids is 1. The lowest BCUT2D eigenvalue weighted by atomic mass is 10.1. The third-order valence-electron chi connectivity index (χ3n) is 6.01. The van der Waals surface area contributed by atoms with Crippen molar-refractivity contribution in [2.45, 2.75) is 44.1 Å². The highest BCUT2D eigenvalue weighted by molar-refractivity contribution is 7.99. The molecule has 2 N–H and O–H groups in total. The van der Waals surface area contributed by atoms with Crippen molar-refractivity contribution in [1.82, 2.24) is 4.90 Å². The van der Waals surface area contributed by atoms with Gasteiger partial charge in [-0.2, -0.15) is 0 Å². The van der Waals surface area contributed by atoms with Crippen molar-refractivity contribution in [2.75, 3.05) is 37.4 Å². The number of nitrogens with one attached hydrogen (secondary N) is 1. The average molecular weight is 551 g/mol. The molecule has 3 aromatic rings. The van der Waals surface area contributed by atoms with Gasteiger partial charge in [0.05, 0.1) is 6.54 Å². The van der Waals surface area contributed by atoms with Crippen LogP contribution in [-0.4, -0.2) is 60.2 Å². The van der Waals surface area contributed by atoms with E-state index in [-0.39, 0.29) is 6.03 Å². The van der Waals surface area contributed by atoms with E-state index in [9.17, 15) is 14.7 Å². The minimum Gasteiger partial charge on any atom is -0.492 e. The minimum atomic E-state index is -0.972. The number of unbranched alkanes of at least 4 members (excludes halogenated alkanes) is 1. The smallest absolute Gasteiger partial charge is 0.333 e. The quantitative estimate of drug-likeness (QED) is 0.156. The molecule has 1 unspecified atom stereocenters. The Morgan fingerprint density at radius 3 is 2.44 bits per heavy atom. The van der Waals surface area contributed by atoms with Gasteiger partial charge in [0, 0.05) is 30.2 Å². The number of carbonyl (C=O) groups excluding carboxylic acids is 1. The van der Waals surface area contributed by atoms with Gasteiger partial charge in [-0.1, -0.05) is 42.5 Å². The molecule has 0 aliphatic rings. The number of carboxylic acid groups (broad SMARTS) is 1. The number of hydrogen-bond acceptors (Lipinski definition) is 5. The summed E-state index contributed by atoms with van der Waals surface area (Å²) in [6.07, 6.45) is 1.31. The lowest BCUT2D eigenvalue weighted by Crippen LogP contribution is -2.38. The number of anilines is 1. The summed E-state index contributed by atoms with van der Waals surface area (Å²) in [6, 6.07) is 25.3. The third kappa shape index (κ3) is 11.0. The lowest BCUT2D eigenvalue weighted by molar-refractivity contribution is -0.149. The number of carbonyl (C=O) groups is 2. The van der Waals surface area contributed by atoms with E-state index >= 15 is 0 Å². The highest BCUT2D eigenvalue weighted by atomic mass is 32.2. The maximum absolute atomic E-state index is 13.1. The Hall–Kier alpha value is -3.49. The second kappa shape index (κ2) is 16.5. The van der Waals surface area contributed by atoms with E-state index in [1.807, 2.05) is 85.4 Å². The van der Waals surface area contributed by atoms with Gasteiger partial charge in [0.25, 0.3) is 0 Å². The van der Waals surface area contributed by atoms with Crippen LogP contribution in [0.2, 0.25) is 0 Å². The summed E-state index contributed by atoms with van der Waals surface area (Å²) in [5, 5.41) is 12.3. The van der Waals surface area contributed by atoms with Gasteiger partial charge in [-0.25, -0.2) is 9.59 Å². The predicted molar refractivity (Wildman–Crippen MR) is 157 cm³/mol. The fourth-order valence-corrected chi connectivity index (χ4v) is 4.91. The van der Waals surface area contributed by atoms with Crippen molar-refractivity contribution in [3.05, 3.63) is 90.0 Å². The summed E-state index contributed by atoms with van der Waals surface area (Å²) < 4.78 is 11.2. The van der Waals surface area contributed by atoms with Crippen LogP contribution in [0.25, 0.3) is 0 Å². The van der Waals surface area contributed by atoms with Crippen molar-refractivity contribution in [1.29, 1.82) is 0 Å². The van der Waals surface area contributed by atoms with Crippen molar-refractivity contribution in [3.8, 4) is 5.75 Å². The zero-order chi connectivity index (χ0) is 27.9. The van der Waals surface area contributed by atoms with Gasteiger partial charge in [0.15, 0.2) is 6.10 Å². The number of nitrogens with zero attached hydrogens (tertiary/aromatic N) is 1. The normalized spacial score (nSPS) is 11.5. The van der Waals surface area contributed by atoms with Gasteiger partial charge in [-0.15, -0.1) is 11.8 Å². The van der Waals surface area contributed by atoms with Crippen LogP contribution in [0.3, 0.4) is 0 Å². The molecule has 0 bridgehead atoms. The third-order valence-corrected chi connectivity index (χ3v) is 7.11. The lowest BCUT2D eigenvalue weighted by Gasteiger charge is -2.23. The fraction of sp³-hybridized carbons (Fsp3) is 0.355. The highest BCUT2D eigenvalue weighted by Gasteiger charge is 2.18. The molecule has 8 heteroatoms. The molecule has 0 aliphatic carbocycles. The summed E-state index contributed by atoms with van der Waals surface area (Å²) in [7, 11) is 0. The Bertz CT molecular complexity index is 1160. The largest absolute Gasteiger partial charge is 0.492 e. The van der Waals surface area contributed by atoms with Gasteiger partial charge >= 0.3 is 12.0 Å². The van der Waals surface area contributed by atoms with Gasteiger partial charge < -0.3 is 24.8 Å². The zero-order valence-corrected chi connectivity index (χ0v) is 23.5. The second-order valence-corrected chi connectivity index (χ2v) is 10.3. The van der Waals surface area contributed by atoms with E-state index < -0.39 is 12.1 Å². The molecule has 39 heavy (non-hydrogen) atoms. The molecule has 0 fully saturated rings. The summed E-state index contributed by atoms with van der Waals surface area (Å²) in [4.78, 5) is 27.5. The molecule has 1 atom stereocenters. The molecule has 0 saturated heterocycles. The van der Waals surface area contributed by atoms with Crippen molar-refractivity contribution in [3.63, 3.8) is 0 Å². The van der Waals surface area contributed by atoms with Crippen LogP contribution >= 0.6 is 11.8 Å². The summed E-state index contributed by atoms with van der Waals surface area (Å²) in [5.74, 6) is 0.687. The van der Waals surface area contributed by atoms with Crippen molar-refractivity contribution in [2.24, 2.45) is 0 Å². The number of rotatable bonds is 16. The predicted octanol–water partition coefficient (Wildman–Crippen LogP) is 6.51. The van der Waals surface area contributed by atoms with Crippen molar-refractivity contribution < 1.29 is 24.2 Å². The first-order chi connectivity index (χ1) is 18.9. The molecule has 2 amide bonds. The van der Waals surface area contributed by atoms with Crippen LogP contribution < -0.4 is 10.1 Å². The summed E-state index contributed by atoms with van der Waals surface area (Å²) >= 11 is 1.82. The molecule has 3 aromatic carbocycles. The topological polar surface area (TPSA) is 88.1 Å².